The Morgan fingerprint density at radius 3 is 2.50 bits per heavy atom. The number of amides is 2. The van der Waals surface area contributed by atoms with Crippen LogP contribution in [0.1, 0.15) is 58.3 Å². The van der Waals surface area contributed by atoms with Gasteiger partial charge in [0, 0.05) is 30.4 Å². The van der Waals surface area contributed by atoms with Crippen molar-refractivity contribution in [2.45, 2.75) is 75.5 Å². The molecule has 1 aromatic rings. The molecule has 0 saturated carbocycles. The van der Waals surface area contributed by atoms with E-state index in [2.05, 4.69) is 0 Å². The number of aliphatic hydroxyl groups excluding tert-OH is 1. The summed E-state index contributed by atoms with van der Waals surface area (Å²) in [7, 11) is 0. The molecule has 0 aliphatic carbocycles. The topological polar surface area (TPSA) is 96.4 Å². The third-order valence-corrected chi connectivity index (χ3v) is 9.08. The molecule has 40 heavy (non-hydrogen) atoms. The maximum Gasteiger partial charge on any atom is 0.313 e. The molecular weight excluding hydrogens is 532 g/mol. The number of carbonyl (C=O) groups excluding carboxylic acids is 3. The zero-order chi connectivity index (χ0) is 28.3. The normalized spacial score (nSPS) is 32.8. The van der Waals surface area contributed by atoms with Crippen LogP contribution in [0.3, 0.4) is 0 Å². The first kappa shape index (κ1) is 28.8. The first-order valence-electron chi connectivity index (χ1n) is 14.6. The molecule has 4 aliphatic rings. The molecule has 4 heterocycles. The number of unbranched alkanes of at least 4 members (excludes halogenated alkanes) is 3. The van der Waals surface area contributed by atoms with Gasteiger partial charge >= 0.3 is 5.97 Å². The van der Waals surface area contributed by atoms with Crippen molar-refractivity contribution < 1.29 is 29.0 Å². The van der Waals surface area contributed by atoms with Crippen LogP contribution in [0, 0.1) is 11.8 Å². The number of cyclic esters (lactones) is 1. The molecule has 2 fully saturated rings. The first-order chi connectivity index (χ1) is 19.4. The van der Waals surface area contributed by atoms with Crippen LogP contribution in [-0.4, -0.2) is 71.3 Å². The Morgan fingerprint density at radius 1 is 0.975 bits per heavy atom. The van der Waals surface area contributed by atoms with E-state index in [1.165, 1.54) is 0 Å². The van der Waals surface area contributed by atoms with E-state index in [0.29, 0.717) is 49.7 Å². The number of benzene rings is 1. The van der Waals surface area contributed by atoms with Crippen LogP contribution in [0.25, 0.3) is 0 Å². The number of nitrogens with zero attached hydrogens (tertiary/aromatic N) is 2. The highest BCUT2D eigenvalue weighted by Gasteiger charge is 2.75. The Morgan fingerprint density at radius 2 is 1.75 bits per heavy atom. The highest BCUT2D eigenvalue weighted by Crippen LogP contribution is 2.58. The second-order valence-electron chi connectivity index (χ2n) is 11.2. The fraction of sp³-hybridized carbons (Fsp3) is 0.581. The standard InChI is InChI=1S/C31H39ClN2O6/c1-2-30-16-7-3-6-10-21-39-29(38)25(30)24-27(36)34(18-8-4-5-9-20-35)26-28(37)33(19-11-17-31(24,26)40-30)23-14-12-22(32)13-15-23/h7,11-17,24-26,35H,2-6,8-10,18-21H2,1H3/b16-7-/t24-,25+,26?,30-,31-/m0/s1. The Labute approximate surface area is 240 Å². The minimum absolute atomic E-state index is 0.125. The smallest absolute Gasteiger partial charge is 0.313 e. The highest BCUT2D eigenvalue weighted by atomic mass is 35.5. The first-order valence-corrected chi connectivity index (χ1v) is 15.0. The number of fused-ring (bicyclic) bond motifs is 2. The van der Waals surface area contributed by atoms with Crippen LogP contribution >= 0.6 is 11.6 Å². The van der Waals surface area contributed by atoms with Gasteiger partial charge in [0.2, 0.25) is 5.91 Å². The average molecular weight is 571 g/mol. The molecule has 0 radical (unpaired) electrons. The van der Waals surface area contributed by atoms with Gasteiger partial charge in [-0.15, -0.1) is 0 Å². The zero-order valence-corrected chi connectivity index (χ0v) is 23.9. The van der Waals surface area contributed by atoms with Crippen molar-refractivity contribution in [2.24, 2.45) is 11.8 Å². The summed E-state index contributed by atoms with van der Waals surface area (Å²) in [5, 5.41) is 9.73. The average Bonchev–Trinajstić information content (AvgIpc) is 3.30. The third-order valence-electron chi connectivity index (χ3n) is 8.83. The summed E-state index contributed by atoms with van der Waals surface area (Å²) in [4.78, 5) is 45.9. The van der Waals surface area contributed by atoms with Gasteiger partial charge < -0.3 is 24.4 Å². The Hall–Kier alpha value is -2.68. The quantitative estimate of drug-likeness (QED) is 0.282. The molecule has 1 N–H and O–H groups in total. The van der Waals surface area contributed by atoms with E-state index in [1.54, 1.807) is 34.1 Å². The van der Waals surface area contributed by atoms with Gasteiger partial charge in [0.05, 0.1) is 12.5 Å². The summed E-state index contributed by atoms with van der Waals surface area (Å²) in [6.45, 7) is 3.04. The lowest BCUT2D eigenvalue weighted by Gasteiger charge is -2.38. The molecule has 5 rings (SSSR count). The molecule has 5 atom stereocenters. The van der Waals surface area contributed by atoms with Gasteiger partial charge in [-0.1, -0.05) is 55.7 Å². The van der Waals surface area contributed by atoms with Crippen LogP contribution in [0.5, 0.6) is 0 Å². The maximum atomic E-state index is 14.5. The molecule has 1 aromatic carbocycles. The number of allylic oxidation sites excluding steroid dienone is 1. The summed E-state index contributed by atoms with van der Waals surface area (Å²) >= 11 is 6.12. The van der Waals surface area contributed by atoms with E-state index in [9.17, 15) is 14.4 Å². The van der Waals surface area contributed by atoms with Gasteiger partial charge in [0.25, 0.3) is 5.91 Å². The van der Waals surface area contributed by atoms with Crippen LogP contribution in [0.15, 0.2) is 48.6 Å². The van der Waals surface area contributed by atoms with E-state index in [4.69, 9.17) is 26.2 Å². The van der Waals surface area contributed by atoms with Gasteiger partial charge in [0.15, 0.2) is 0 Å². The zero-order valence-electron chi connectivity index (χ0n) is 23.1. The summed E-state index contributed by atoms with van der Waals surface area (Å²) in [5.74, 6) is -2.67. The molecule has 4 aliphatic heterocycles. The molecule has 0 aromatic heterocycles. The van der Waals surface area contributed by atoms with Crippen LogP contribution in [-0.2, 0) is 23.9 Å². The summed E-state index contributed by atoms with van der Waals surface area (Å²) < 4.78 is 12.7. The molecule has 2 saturated heterocycles. The monoisotopic (exact) mass is 570 g/mol. The van der Waals surface area contributed by atoms with Gasteiger partial charge in [-0.2, -0.15) is 0 Å². The van der Waals surface area contributed by atoms with Crippen molar-refractivity contribution in [3.05, 3.63) is 53.6 Å². The maximum absolute atomic E-state index is 14.5. The number of anilines is 1. The highest BCUT2D eigenvalue weighted by molar-refractivity contribution is 6.30. The molecule has 216 valence electrons. The summed E-state index contributed by atoms with van der Waals surface area (Å²) in [6.07, 6.45) is 13.7. The van der Waals surface area contributed by atoms with E-state index in [1.807, 2.05) is 31.2 Å². The van der Waals surface area contributed by atoms with Crippen LogP contribution < -0.4 is 4.90 Å². The van der Waals surface area contributed by atoms with Crippen molar-refractivity contribution in [3.63, 3.8) is 0 Å². The van der Waals surface area contributed by atoms with Crippen molar-refractivity contribution in [1.29, 1.82) is 0 Å². The number of ether oxygens (including phenoxy) is 2. The van der Waals surface area contributed by atoms with Gasteiger partial charge in [-0.3, -0.25) is 14.4 Å². The Bertz CT molecular complexity index is 1170. The molecule has 0 bridgehead atoms. The number of likely N-dealkylation sites (tertiary alicyclic amines) is 1. The number of halogens is 1. The Kier molecular flexibility index (Phi) is 8.69. The molecule has 1 spiro atoms. The number of carbonyl (C=O) groups is 3. The van der Waals surface area contributed by atoms with Crippen LogP contribution in [0.4, 0.5) is 5.69 Å². The predicted molar refractivity (Wildman–Crippen MR) is 152 cm³/mol. The second-order valence-corrected chi connectivity index (χ2v) is 11.6. The SMILES string of the molecule is CC[C@]12/C=C\CCCCOC(=O)[C@H]1[C@H]1C(=O)N(CCCCCCO)C3C(=O)N(c4ccc(Cl)cc4)CC=C[C@@]31O2. The lowest BCUT2D eigenvalue weighted by atomic mass is 9.73. The minimum atomic E-state index is -1.31. The summed E-state index contributed by atoms with van der Waals surface area (Å²) in [6, 6.07) is 6.14. The fourth-order valence-corrected chi connectivity index (χ4v) is 7.00. The number of rotatable bonds is 8. The lowest BCUT2D eigenvalue weighted by molar-refractivity contribution is -0.160. The molecule has 2 amide bonds. The Balaban J connectivity index is 1.59. The fourth-order valence-electron chi connectivity index (χ4n) is 6.88. The van der Waals surface area contributed by atoms with Crippen molar-refractivity contribution in [1.82, 2.24) is 4.90 Å². The van der Waals surface area contributed by atoms with Gasteiger partial charge in [0.1, 0.15) is 23.2 Å². The van der Waals surface area contributed by atoms with Crippen LogP contribution in [0.2, 0.25) is 5.02 Å². The largest absolute Gasteiger partial charge is 0.465 e. The van der Waals surface area contributed by atoms with E-state index >= 15 is 0 Å². The van der Waals surface area contributed by atoms with Crippen molar-refractivity contribution in [3.8, 4) is 0 Å². The molecule has 9 heteroatoms. The number of aliphatic hydroxyl groups is 1. The van der Waals surface area contributed by atoms with Crippen molar-refractivity contribution >= 4 is 35.1 Å². The molecular formula is C31H39ClN2O6. The van der Waals surface area contributed by atoms with E-state index in [-0.39, 0.29) is 18.4 Å². The second kappa shape index (κ2) is 12.0. The molecule has 8 nitrogen and oxygen atoms in total. The van der Waals surface area contributed by atoms with Gasteiger partial charge in [-0.25, -0.2) is 0 Å². The van der Waals surface area contributed by atoms with Crippen molar-refractivity contribution in [2.75, 3.05) is 31.2 Å². The number of esters is 1. The third kappa shape index (κ3) is 4.99. The van der Waals surface area contributed by atoms with E-state index in [0.717, 1.165) is 32.1 Å². The van der Waals surface area contributed by atoms with Gasteiger partial charge in [-0.05, 0) is 62.8 Å². The van der Waals surface area contributed by atoms with E-state index < -0.39 is 35.0 Å². The minimum Gasteiger partial charge on any atom is -0.465 e. The predicted octanol–water partition coefficient (Wildman–Crippen LogP) is 4.44. The number of hydrogen-bond acceptors (Lipinski definition) is 6. The molecule has 1 unspecified atom stereocenters. The lowest BCUT2D eigenvalue weighted by Crippen LogP contribution is -2.56. The summed E-state index contributed by atoms with van der Waals surface area (Å²) in [5.41, 5.74) is -1.69. The number of hydrogen-bond donors (Lipinski definition) is 1.